The predicted molar refractivity (Wildman–Crippen MR) is 96.9 cm³/mol. The molecule has 140 valence electrons. The Hall–Kier alpha value is -2.64. The van der Waals surface area contributed by atoms with E-state index in [1.54, 1.807) is 24.0 Å². The number of non-ortho nitro benzene ring substituents is 1. The van der Waals surface area contributed by atoms with Crippen LogP contribution in [0.2, 0.25) is 0 Å². The van der Waals surface area contributed by atoms with Gasteiger partial charge in [-0.05, 0) is 25.0 Å². The molecule has 0 saturated carbocycles. The fraction of sp³-hybridized carbons (Fsp3) is 0.556. The lowest BCUT2D eigenvalue weighted by Crippen LogP contribution is -2.52. The third-order valence-electron chi connectivity index (χ3n) is 5.31. The van der Waals surface area contributed by atoms with Crippen LogP contribution in [-0.4, -0.2) is 65.8 Å². The maximum absolute atomic E-state index is 12.7. The monoisotopic (exact) mass is 360 g/mol. The summed E-state index contributed by atoms with van der Waals surface area (Å²) in [5, 5.41) is 10.7. The molecule has 2 fully saturated rings. The molecule has 1 aromatic carbocycles. The van der Waals surface area contributed by atoms with Crippen molar-refractivity contribution in [1.29, 1.82) is 0 Å². The van der Waals surface area contributed by atoms with Crippen LogP contribution in [0, 0.1) is 16.0 Å². The second kappa shape index (κ2) is 7.72. The molecule has 0 radical (unpaired) electrons. The lowest BCUT2D eigenvalue weighted by atomic mass is 9.95. The summed E-state index contributed by atoms with van der Waals surface area (Å²) in [6, 6.07) is 6.53. The number of rotatable bonds is 3. The average Bonchev–Trinajstić information content (AvgIpc) is 2.67. The van der Waals surface area contributed by atoms with Crippen LogP contribution in [-0.2, 0) is 9.59 Å². The second-order valence-corrected chi connectivity index (χ2v) is 6.87. The van der Waals surface area contributed by atoms with Crippen LogP contribution in [0.3, 0.4) is 0 Å². The Kier molecular flexibility index (Phi) is 5.39. The average molecular weight is 360 g/mol. The molecule has 2 aliphatic rings. The first kappa shape index (κ1) is 18.2. The van der Waals surface area contributed by atoms with E-state index in [2.05, 4.69) is 4.90 Å². The van der Waals surface area contributed by atoms with E-state index >= 15 is 0 Å². The predicted octanol–water partition coefficient (Wildman–Crippen LogP) is 1.50. The Labute approximate surface area is 152 Å². The number of benzene rings is 1. The van der Waals surface area contributed by atoms with Crippen molar-refractivity contribution in [2.75, 3.05) is 44.2 Å². The fourth-order valence-electron chi connectivity index (χ4n) is 3.67. The number of nitrogens with zero attached hydrogens (tertiary/aromatic N) is 4. The van der Waals surface area contributed by atoms with Crippen molar-refractivity contribution < 1.29 is 14.5 Å². The molecule has 2 amide bonds. The van der Waals surface area contributed by atoms with E-state index in [-0.39, 0.29) is 23.4 Å². The van der Waals surface area contributed by atoms with Gasteiger partial charge in [0.15, 0.2) is 0 Å². The van der Waals surface area contributed by atoms with Crippen molar-refractivity contribution in [3.8, 4) is 0 Å². The quantitative estimate of drug-likeness (QED) is 0.602. The highest BCUT2D eigenvalue weighted by molar-refractivity contribution is 5.80. The van der Waals surface area contributed by atoms with Gasteiger partial charge in [-0.25, -0.2) is 0 Å². The Bertz CT molecular complexity index is 675. The molecule has 2 saturated heterocycles. The topological polar surface area (TPSA) is 87.0 Å². The molecule has 26 heavy (non-hydrogen) atoms. The molecule has 0 spiro atoms. The molecule has 0 N–H and O–H groups in total. The Morgan fingerprint density at radius 3 is 2.04 bits per heavy atom. The zero-order valence-electron chi connectivity index (χ0n) is 15.0. The number of hydrogen-bond donors (Lipinski definition) is 0. The fourth-order valence-corrected chi connectivity index (χ4v) is 3.67. The summed E-state index contributed by atoms with van der Waals surface area (Å²) in [7, 11) is 0. The molecule has 2 heterocycles. The Morgan fingerprint density at radius 2 is 1.54 bits per heavy atom. The molecule has 0 atom stereocenters. The van der Waals surface area contributed by atoms with Gasteiger partial charge in [0, 0.05) is 69.9 Å². The molecular weight excluding hydrogens is 336 g/mol. The van der Waals surface area contributed by atoms with Crippen molar-refractivity contribution in [1.82, 2.24) is 9.80 Å². The summed E-state index contributed by atoms with van der Waals surface area (Å²) >= 11 is 0. The van der Waals surface area contributed by atoms with Gasteiger partial charge in [0.05, 0.1) is 4.92 Å². The molecule has 0 unspecified atom stereocenters. The standard InChI is InChI=1S/C18H24N4O4/c1-14(23)19-8-6-15(7-9-19)18(24)21-12-10-20(11-13-21)16-2-4-17(5-3-16)22(25)26/h2-5,15H,6-13H2,1H3. The number of nitro benzene ring substituents is 1. The number of piperazine rings is 1. The maximum atomic E-state index is 12.7. The first-order valence-electron chi connectivity index (χ1n) is 8.99. The summed E-state index contributed by atoms with van der Waals surface area (Å²) < 4.78 is 0. The van der Waals surface area contributed by atoms with Crippen LogP contribution in [0.4, 0.5) is 11.4 Å². The molecule has 3 rings (SSSR count). The zero-order chi connectivity index (χ0) is 18.7. The number of anilines is 1. The normalized spacial score (nSPS) is 18.7. The van der Waals surface area contributed by atoms with Crippen LogP contribution in [0.25, 0.3) is 0 Å². The Morgan fingerprint density at radius 1 is 0.962 bits per heavy atom. The number of carbonyl (C=O) groups excluding carboxylic acids is 2. The van der Waals surface area contributed by atoms with E-state index < -0.39 is 4.92 Å². The molecule has 0 aliphatic carbocycles. The van der Waals surface area contributed by atoms with Crippen molar-refractivity contribution in [2.24, 2.45) is 5.92 Å². The van der Waals surface area contributed by atoms with E-state index in [1.807, 2.05) is 4.90 Å². The summed E-state index contributed by atoms with van der Waals surface area (Å²) in [6.07, 6.45) is 1.47. The van der Waals surface area contributed by atoms with Gasteiger partial charge in [0.1, 0.15) is 0 Å². The van der Waals surface area contributed by atoms with Gasteiger partial charge in [0.2, 0.25) is 11.8 Å². The second-order valence-electron chi connectivity index (χ2n) is 6.87. The summed E-state index contributed by atoms with van der Waals surface area (Å²) in [4.78, 5) is 40.3. The molecule has 0 aromatic heterocycles. The molecule has 2 aliphatic heterocycles. The summed E-state index contributed by atoms with van der Waals surface area (Å²) in [5.74, 6) is 0.278. The zero-order valence-corrected chi connectivity index (χ0v) is 15.0. The molecule has 0 bridgehead atoms. The van der Waals surface area contributed by atoms with Crippen molar-refractivity contribution in [2.45, 2.75) is 19.8 Å². The van der Waals surface area contributed by atoms with Gasteiger partial charge in [-0.3, -0.25) is 19.7 Å². The van der Waals surface area contributed by atoms with E-state index in [1.165, 1.54) is 12.1 Å². The van der Waals surface area contributed by atoms with Crippen LogP contribution in [0.1, 0.15) is 19.8 Å². The molecule has 8 heteroatoms. The number of piperidine rings is 1. The smallest absolute Gasteiger partial charge is 0.269 e. The van der Waals surface area contributed by atoms with Gasteiger partial charge in [-0.2, -0.15) is 0 Å². The van der Waals surface area contributed by atoms with Crippen LogP contribution in [0.15, 0.2) is 24.3 Å². The highest BCUT2D eigenvalue weighted by Gasteiger charge is 2.31. The van der Waals surface area contributed by atoms with Crippen LogP contribution in [0.5, 0.6) is 0 Å². The van der Waals surface area contributed by atoms with Gasteiger partial charge in [-0.1, -0.05) is 0 Å². The number of carbonyl (C=O) groups is 2. The lowest BCUT2D eigenvalue weighted by molar-refractivity contribution is -0.384. The SMILES string of the molecule is CC(=O)N1CCC(C(=O)N2CCN(c3ccc([N+](=O)[O-])cc3)CC2)CC1. The van der Waals surface area contributed by atoms with Gasteiger partial charge < -0.3 is 14.7 Å². The lowest BCUT2D eigenvalue weighted by Gasteiger charge is -2.39. The minimum atomic E-state index is -0.405. The minimum Gasteiger partial charge on any atom is -0.368 e. The minimum absolute atomic E-state index is 0.0107. The van der Waals surface area contributed by atoms with Gasteiger partial charge in [0.25, 0.3) is 5.69 Å². The van der Waals surface area contributed by atoms with E-state index in [4.69, 9.17) is 0 Å². The molecule has 8 nitrogen and oxygen atoms in total. The van der Waals surface area contributed by atoms with Gasteiger partial charge >= 0.3 is 0 Å². The number of amides is 2. The summed E-state index contributed by atoms with van der Waals surface area (Å²) in [5.41, 5.74) is 1.02. The first-order chi connectivity index (χ1) is 12.5. The van der Waals surface area contributed by atoms with Crippen molar-refractivity contribution >= 4 is 23.2 Å². The van der Waals surface area contributed by atoms with Crippen molar-refractivity contribution in [3.63, 3.8) is 0 Å². The highest BCUT2D eigenvalue weighted by Crippen LogP contribution is 2.23. The maximum Gasteiger partial charge on any atom is 0.269 e. The number of likely N-dealkylation sites (tertiary alicyclic amines) is 1. The third kappa shape index (κ3) is 3.95. The number of hydrogen-bond acceptors (Lipinski definition) is 5. The molecule has 1 aromatic rings. The van der Waals surface area contributed by atoms with Crippen LogP contribution >= 0.6 is 0 Å². The van der Waals surface area contributed by atoms with Gasteiger partial charge in [-0.15, -0.1) is 0 Å². The van der Waals surface area contributed by atoms with Crippen molar-refractivity contribution in [3.05, 3.63) is 34.4 Å². The highest BCUT2D eigenvalue weighted by atomic mass is 16.6. The Balaban J connectivity index is 1.51. The number of nitro groups is 1. The molecular formula is C18H24N4O4. The van der Waals surface area contributed by atoms with E-state index in [0.717, 1.165) is 31.6 Å². The van der Waals surface area contributed by atoms with Crippen LogP contribution < -0.4 is 4.90 Å². The first-order valence-corrected chi connectivity index (χ1v) is 8.99. The summed E-state index contributed by atoms with van der Waals surface area (Å²) in [6.45, 7) is 5.64. The third-order valence-corrected chi connectivity index (χ3v) is 5.31. The van der Waals surface area contributed by atoms with E-state index in [0.29, 0.717) is 26.2 Å². The largest absolute Gasteiger partial charge is 0.368 e. The van der Waals surface area contributed by atoms with E-state index in [9.17, 15) is 19.7 Å².